The number of benzene rings is 1. The van der Waals surface area contributed by atoms with Gasteiger partial charge >= 0.3 is 0 Å². The van der Waals surface area contributed by atoms with E-state index in [1.165, 1.54) is 0 Å². The third kappa shape index (κ3) is 4.70. The van der Waals surface area contributed by atoms with E-state index in [-0.39, 0.29) is 0 Å². The summed E-state index contributed by atoms with van der Waals surface area (Å²) in [6, 6.07) is 5.64. The van der Waals surface area contributed by atoms with E-state index in [0.717, 1.165) is 63.7 Å². The summed E-state index contributed by atoms with van der Waals surface area (Å²) in [6.45, 7) is 9.40. The van der Waals surface area contributed by atoms with Crippen LogP contribution in [0, 0.1) is 0 Å². The summed E-state index contributed by atoms with van der Waals surface area (Å²) in [5.74, 6) is 0.203. The van der Waals surface area contributed by atoms with E-state index >= 15 is 0 Å². The summed E-state index contributed by atoms with van der Waals surface area (Å²) in [7, 11) is 0. The zero-order chi connectivity index (χ0) is 17.6. The Balaban J connectivity index is 1.59. The number of carbonyl (C=O) groups excluding carboxylic acids is 1. The molecule has 0 bridgehead atoms. The van der Waals surface area contributed by atoms with Gasteiger partial charge in [0, 0.05) is 43.3 Å². The van der Waals surface area contributed by atoms with Gasteiger partial charge in [-0.05, 0) is 32.0 Å². The monoisotopic (exact) mass is 349 g/mol. The maximum absolute atomic E-state index is 11.6. The second-order valence-electron chi connectivity index (χ2n) is 6.70. The van der Waals surface area contributed by atoms with Crippen LogP contribution in [-0.4, -0.2) is 73.0 Å². The van der Waals surface area contributed by atoms with Crippen LogP contribution in [0.3, 0.4) is 0 Å². The molecule has 0 radical (unpaired) electrons. The Labute approximate surface area is 148 Å². The molecule has 0 aromatic heterocycles. The zero-order valence-corrected chi connectivity index (χ0v) is 14.7. The number of ether oxygens (including phenoxy) is 2. The molecule has 1 saturated heterocycles. The Morgan fingerprint density at radius 3 is 2.88 bits per heavy atom. The minimum atomic E-state index is -0.522. The average Bonchev–Trinajstić information content (AvgIpc) is 2.81. The lowest BCUT2D eigenvalue weighted by molar-refractivity contribution is 0.0350. The van der Waals surface area contributed by atoms with Crippen LogP contribution < -0.4 is 10.2 Å². The van der Waals surface area contributed by atoms with Crippen LogP contribution in [0.2, 0.25) is 0 Å². The fourth-order valence-electron chi connectivity index (χ4n) is 3.34. The van der Waals surface area contributed by atoms with Crippen molar-refractivity contribution in [3.63, 3.8) is 0 Å². The van der Waals surface area contributed by atoms with E-state index in [2.05, 4.69) is 16.7 Å². The molecule has 1 amide bonds. The minimum absolute atomic E-state index is 0.312. The number of morpholine rings is 1. The van der Waals surface area contributed by atoms with Crippen LogP contribution in [0.4, 0.5) is 0 Å². The molecule has 0 spiro atoms. The van der Waals surface area contributed by atoms with Gasteiger partial charge in [0.15, 0.2) is 0 Å². The van der Waals surface area contributed by atoms with Crippen LogP contribution >= 0.6 is 0 Å². The normalized spacial score (nSPS) is 21.9. The zero-order valence-electron chi connectivity index (χ0n) is 14.7. The predicted octanol–water partition coefficient (Wildman–Crippen LogP) is 1.11. The van der Waals surface area contributed by atoms with Gasteiger partial charge < -0.3 is 9.47 Å². The van der Waals surface area contributed by atoms with Gasteiger partial charge in [0.2, 0.25) is 0 Å². The molecule has 2 aliphatic heterocycles. The second kappa shape index (κ2) is 8.62. The van der Waals surface area contributed by atoms with E-state index in [9.17, 15) is 4.79 Å². The van der Waals surface area contributed by atoms with Crippen LogP contribution in [0.25, 0.3) is 0 Å². The molecule has 1 aromatic carbocycles. The van der Waals surface area contributed by atoms with Gasteiger partial charge in [-0.25, -0.2) is 5.48 Å². The number of nitrogens with zero attached hydrogens (tertiary/aromatic N) is 2. The third-order valence-corrected chi connectivity index (χ3v) is 4.93. The van der Waals surface area contributed by atoms with Crippen molar-refractivity contribution < 1.29 is 19.5 Å². The lowest BCUT2D eigenvalue weighted by Crippen LogP contribution is -2.40. The molecule has 1 aromatic rings. The van der Waals surface area contributed by atoms with Gasteiger partial charge in [-0.1, -0.05) is 6.07 Å². The molecule has 1 unspecified atom stereocenters. The number of hydrogen-bond donors (Lipinski definition) is 2. The SMILES string of the molecule is CC1COc2cc(C(=O)NO)ccc2CN1CCCN1CCOCC1. The standard InChI is InChI=1S/C18H27N3O4/c1-14-13-25-17-11-15(18(22)19-23)3-4-16(17)12-21(14)6-2-5-20-7-9-24-10-8-20/h3-4,11,14,23H,2,5-10,12-13H2,1H3,(H,19,22). The molecular formula is C18H27N3O4. The van der Waals surface area contributed by atoms with Crippen molar-refractivity contribution in [3.8, 4) is 5.75 Å². The molecule has 2 heterocycles. The van der Waals surface area contributed by atoms with E-state index < -0.39 is 5.91 Å². The lowest BCUT2D eigenvalue weighted by atomic mass is 10.1. The van der Waals surface area contributed by atoms with Crippen molar-refractivity contribution in [2.24, 2.45) is 0 Å². The number of carbonyl (C=O) groups is 1. The smallest absolute Gasteiger partial charge is 0.274 e. The number of hydrogen-bond acceptors (Lipinski definition) is 6. The summed E-state index contributed by atoms with van der Waals surface area (Å²) in [5.41, 5.74) is 3.13. The first-order valence-electron chi connectivity index (χ1n) is 8.91. The Morgan fingerprint density at radius 2 is 2.12 bits per heavy atom. The number of fused-ring (bicyclic) bond motifs is 1. The van der Waals surface area contributed by atoms with Gasteiger partial charge in [-0.2, -0.15) is 0 Å². The summed E-state index contributed by atoms with van der Waals surface area (Å²) < 4.78 is 11.3. The molecule has 1 fully saturated rings. The van der Waals surface area contributed by atoms with Crippen molar-refractivity contribution in [2.75, 3.05) is 46.0 Å². The fourth-order valence-corrected chi connectivity index (χ4v) is 3.34. The Morgan fingerprint density at radius 1 is 1.32 bits per heavy atom. The molecule has 0 saturated carbocycles. The number of rotatable bonds is 5. The molecule has 7 heteroatoms. The van der Waals surface area contributed by atoms with Crippen molar-refractivity contribution in [2.45, 2.75) is 25.9 Å². The van der Waals surface area contributed by atoms with E-state index in [1.807, 2.05) is 6.07 Å². The molecule has 0 aliphatic carbocycles. The largest absolute Gasteiger partial charge is 0.492 e. The summed E-state index contributed by atoms with van der Waals surface area (Å²) in [4.78, 5) is 16.4. The number of nitrogens with one attached hydrogen (secondary N) is 1. The van der Waals surface area contributed by atoms with Crippen molar-refractivity contribution in [1.29, 1.82) is 0 Å². The fraction of sp³-hybridized carbons (Fsp3) is 0.611. The van der Waals surface area contributed by atoms with Gasteiger partial charge in [0.1, 0.15) is 12.4 Å². The Kier molecular flexibility index (Phi) is 6.25. The maximum atomic E-state index is 11.6. The first kappa shape index (κ1) is 18.1. The van der Waals surface area contributed by atoms with Crippen molar-refractivity contribution in [3.05, 3.63) is 29.3 Å². The quantitative estimate of drug-likeness (QED) is 0.613. The maximum Gasteiger partial charge on any atom is 0.274 e. The first-order chi connectivity index (χ1) is 12.2. The van der Waals surface area contributed by atoms with Gasteiger partial charge in [0.25, 0.3) is 5.91 Å². The van der Waals surface area contributed by atoms with Gasteiger partial charge in [0.05, 0.1) is 13.2 Å². The van der Waals surface area contributed by atoms with Crippen molar-refractivity contribution >= 4 is 5.91 Å². The second-order valence-corrected chi connectivity index (χ2v) is 6.70. The molecule has 7 nitrogen and oxygen atoms in total. The number of hydroxylamine groups is 1. The molecule has 25 heavy (non-hydrogen) atoms. The Bertz CT molecular complexity index is 590. The van der Waals surface area contributed by atoms with Gasteiger partial charge in [-0.3, -0.25) is 19.8 Å². The Hall–Kier alpha value is -1.67. The molecular weight excluding hydrogens is 322 g/mol. The molecule has 138 valence electrons. The van der Waals surface area contributed by atoms with E-state index in [4.69, 9.17) is 14.7 Å². The molecule has 1 atom stereocenters. The van der Waals surface area contributed by atoms with Crippen molar-refractivity contribution in [1.82, 2.24) is 15.3 Å². The molecule has 2 aliphatic rings. The van der Waals surface area contributed by atoms with Gasteiger partial charge in [-0.15, -0.1) is 0 Å². The molecule has 2 N–H and O–H groups in total. The highest BCUT2D eigenvalue weighted by atomic mass is 16.5. The van der Waals surface area contributed by atoms with Crippen LogP contribution in [0.15, 0.2) is 18.2 Å². The highest BCUT2D eigenvalue weighted by molar-refractivity contribution is 5.93. The van der Waals surface area contributed by atoms with Crippen LogP contribution in [0.5, 0.6) is 5.75 Å². The van der Waals surface area contributed by atoms with E-state index in [1.54, 1.807) is 17.6 Å². The highest BCUT2D eigenvalue weighted by Gasteiger charge is 2.22. The van der Waals surface area contributed by atoms with Crippen LogP contribution in [0.1, 0.15) is 29.3 Å². The predicted molar refractivity (Wildman–Crippen MR) is 92.9 cm³/mol. The minimum Gasteiger partial charge on any atom is -0.492 e. The summed E-state index contributed by atoms with van der Waals surface area (Å²) >= 11 is 0. The summed E-state index contributed by atoms with van der Waals surface area (Å²) in [6.07, 6.45) is 1.12. The average molecular weight is 349 g/mol. The highest BCUT2D eigenvalue weighted by Crippen LogP contribution is 2.26. The summed E-state index contributed by atoms with van der Waals surface area (Å²) in [5, 5.41) is 8.78. The topological polar surface area (TPSA) is 74.3 Å². The first-order valence-corrected chi connectivity index (χ1v) is 8.91. The lowest BCUT2D eigenvalue weighted by Gasteiger charge is -2.29. The number of amides is 1. The van der Waals surface area contributed by atoms with E-state index in [0.29, 0.717) is 18.2 Å². The third-order valence-electron chi connectivity index (χ3n) is 4.93. The molecule has 3 rings (SSSR count). The van der Waals surface area contributed by atoms with Crippen LogP contribution in [-0.2, 0) is 11.3 Å².